The smallest absolute Gasteiger partial charge is 0.228 e. The highest BCUT2D eigenvalue weighted by atomic mass is 16.1. The fourth-order valence-electron chi connectivity index (χ4n) is 4.09. The van der Waals surface area contributed by atoms with Gasteiger partial charge in [0.05, 0.1) is 6.42 Å². The molecular formula is C15H18N2O. The Bertz CT molecular complexity index is 515. The quantitative estimate of drug-likeness (QED) is 0.835. The van der Waals surface area contributed by atoms with Gasteiger partial charge in [-0.25, -0.2) is 0 Å². The first-order valence-electron chi connectivity index (χ1n) is 6.92. The summed E-state index contributed by atoms with van der Waals surface area (Å²) in [5.74, 6) is 2.56. The molecule has 3 aliphatic rings. The average Bonchev–Trinajstić information content (AvgIpc) is 2.74. The van der Waals surface area contributed by atoms with Gasteiger partial charge in [0.15, 0.2) is 0 Å². The highest BCUT2D eigenvalue weighted by molar-refractivity contribution is 5.99. The molecule has 0 aromatic heterocycles. The molecule has 3 atom stereocenters. The molecule has 2 saturated carbocycles. The first-order valence-corrected chi connectivity index (χ1v) is 6.92. The molecule has 1 aliphatic heterocycles. The minimum Gasteiger partial charge on any atom is -0.326 e. The number of benzene rings is 1. The van der Waals surface area contributed by atoms with Crippen molar-refractivity contribution < 1.29 is 4.79 Å². The molecule has 0 radical (unpaired) electrons. The SMILES string of the molecule is NC(c1ccc2c(c1)CC(=O)N2)C1C2CCCC21. The third-order valence-electron chi connectivity index (χ3n) is 5.03. The van der Waals surface area contributed by atoms with Crippen molar-refractivity contribution >= 4 is 11.6 Å². The van der Waals surface area contributed by atoms with Crippen molar-refractivity contribution in [1.82, 2.24) is 0 Å². The minimum atomic E-state index is 0.0963. The summed E-state index contributed by atoms with van der Waals surface area (Å²) in [5, 5.41) is 2.87. The molecule has 3 heteroatoms. The van der Waals surface area contributed by atoms with Gasteiger partial charge in [0, 0.05) is 11.7 Å². The summed E-state index contributed by atoms with van der Waals surface area (Å²) in [7, 11) is 0. The first-order chi connectivity index (χ1) is 8.74. The van der Waals surface area contributed by atoms with E-state index >= 15 is 0 Å². The Balaban J connectivity index is 1.58. The van der Waals surface area contributed by atoms with E-state index in [4.69, 9.17) is 5.73 Å². The summed E-state index contributed by atoms with van der Waals surface area (Å²) >= 11 is 0. The van der Waals surface area contributed by atoms with Crippen LogP contribution in [0.4, 0.5) is 5.69 Å². The molecule has 0 saturated heterocycles. The highest BCUT2D eigenvalue weighted by Crippen LogP contribution is 2.61. The van der Waals surface area contributed by atoms with Crippen molar-refractivity contribution in [1.29, 1.82) is 0 Å². The van der Waals surface area contributed by atoms with Crippen molar-refractivity contribution in [2.45, 2.75) is 31.7 Å². The number of carbonyl (C=O) groups is 1. The summed E-state index contributed by atoms with van der Waals surface area (Å²) in [6.07, 6.45) is 4.64. The molecule has 3 nitrogen and oxygen atoms in total. The Morgan fingerprint density at radius 2 is 2.06 bits per heavy atom. The Hall–Kier alpha value is -1.35. The zero-order chi connectivity index (χ0) is 12.3. The minimum absolute atomic E-state index is 0.0963. The van der Waals surface area contributed by atoms with Crippen LogP contribution in [0.25, 0.3) is 0 Å². The maximum atomic E-state index is 11.3. The number of nitrogens with one attached hydrogen (secondary N) is 1. The zero-order valence-electron chi connectivity index (χ0n) is 10.4. The molecule has 18 heavy (non-hydrogen) atoms. The van der Waals surface area contributed by atoms with Crippen LogP contribution >= 0.6 is 0 Å². The highest BCUT2D eigenvalue weighted by Gasteiger charge is 2.55. The van der Waals surface area contributed by atoms with E-state index in [-0.39, 0.29) is 11.9 Å². The Labute approximate surface area is 107 Å². The van der Waals surface area contributed by atoms with Gasteiger partial charge in [-0.1, -0.05) is 18.6 Å². The lowest BCUT2D eigenvalue weighted by Crippen LogP contribution is -2.15. The van der Waals surface area contributed by atoms with Crippen LogP contribution in [-0.4, -0.2) is 5.91 Å². The molecular weight excluding hydrogens is 224 g/mol. The first kappa shape index (κ1) is 10.6. The largest absolute Gasteiger partial charge is 0.326 e. The van der Waals surface area contributed by atoms with Crippen LogP contribution in [0.1, 0.15) is 36.4 Å². The standard InChI is InChI=1S/C15H18N2O/c16-15(14-10-2-1-3-11(10)14)8-4-5-12-9(6-8)7-13(18)17-12/h4-6,10-11,14-15H,1-3,7,16H2,(H,17,18). The van der Waals surface area contributed by atoms with Gasteiger partial charge in [-0.15, -0.1) is 0 Å². The van der Waals surface area contributed by atoms with Crippen molar-refractivity contribution in [3.8, 4) is 0 Å². The van der Waals surface area contributed by atoms with E-state index in [0.29, 0.717) is 12.3 Å². The van der Waals surface area contributed by atoms with Gasteiger partial charge in [0.25, 0.3) is 0 Å². The third kappa shape index (κ3) is 1.43. The van der Waals surface area contributed by atoms with Gasteiger partial charge in [0.1, 0.15) is 0 Å². The summed E-state index contributed by atoms with van der Waals surface area (Å²) in [5.41, 5.74) is 9.70. The van der Waals surface area contributed by atoms with Gasteiger partial charge < -0.3 is 11.1 Å². The topological polar surface area (TPSA) is 55.1 Å². The van der Waals surface area contributed by atoms with Crippen LogP contribution in [0.2, 0.25) is 0 Å². The normalized spacial score (nSPS) is 33.8. The maximum absolute atomic E-state index is 11.3. The summed E-state index contributed by atoms with van der Waals surface area (Å²) in [6, 6.07) is 6.39. The lowest BCUT2D eigenvalue weighted by Gasteiger charge is -2.15. The molecule has 2 fully saturated rings. The van der Waals surface area contributed by atoms with Crippen LogP contribution in [0.15, 0.2) is 18.2 Å². The fraction of sp³-hybridized carbons (Fsp3) is 0.533. The maximum Gasteiger partial charge on any atom is 0.228 e. The van der Waals surface area contributed by atoms with Crippen LogP contribution in [0, 0.1) is 17.8 Å². The van der Waals surface area contributed by atoms with E-state index in [9.17, 15) is 4.79 Å². The zero-order valence-corrected chi connectivity index (χ0v) is 10.4. The third-order valence-corrected chi connectivity index (χ3v) is 5.03. The number of hydrogen-bond acceptors (Lipinski definition) is 2. The molecule has 1 aromatic rings. The van der Waals surface area contributed by atoms with Gasteiger partial charge in [-0.05, 0) is 47.8 Å². The Morgan fingerprint density at radius 1 is 1.28 bits per heavy atom. The summed E-state index contributed by atoms with van der Waals surface area (Å²) < 4.78 is 0. The molecule has 4 rings (SSSR count). The van der Waals surface area contributed by atoms with E-state index in [1.54, 1.807) is 0 Å². The second-order valence-electron chi connectivity index (χ2n) is 6.00. The second-order valence-corrected chi connectivity index (χ2v) is 6.00. The monoisotopic (exact) mass is 242 g/mol. The van der Waals surface area contributed by atoms with E-state index in [2.05, 4.69) is 17.4 Å². The van der Waals surface area contributed by atoms with Gasteiger partial charge in [-0.3, -0.25) is 4.79 Å². The predicted molar refractivity (Wildman–Crippen MR) is 70.0 cm³/mol. The molecule has 2 aliphatic carbocycles. The number of hydrogen-bond donors (Lipinski definition) is 2. The van der Waals surface area contributed by atoms with Crippen LogP contribution in [-0.2, 0) is 11.2 Å². The van der Waals surface area contributed by atoms with Crippen molar-refractivity contribution in [3.63, 3.8) is 0 Å². The van der Waals surface area contributed by atoms with E-state index < -0.39 is 0 Å². The average molecular weight is 242 g/mol. The number of nitrogens with two attached hydrogens (primary N) is 1. The van der Waals surface area contributed by atoms with E-state index in [1.165, 1.54) is 24.8 Å². The lowest BCUT2D eigenvalue weighted by atomic mass is 9.96. The Kier molecular flexibility index (Phi) is 2.10. The van der Waals surface area contributed by atoms with Crippen LogP contribution in [0.3, 0.4) is 0 Å². The molecule has 1 amide bonds. The van der Waals surface area contributed by atoms with Crippen LogP contribution in [0.5, 0.6) is 0 Å². The number of amides is 1. The van der Waals surface area contributed by atoms with Gasteiger partial charge in [0.2, 0.25) is 5.91 Å². The lowest BCUT2D eigenvalue weighted by molar-refractivity contribution is -0.115. The fourth-order valence-corrected chi connectivity index (χ4v) is 4.09. The van der Waals surface area contributed by atoms with E-state index in [1.807, 2.05) is 6.07 Å². The Morgan fingerprint density at radius 3 is 2.83 bits per heavy atom. The van der Waals surface area contributed by atoms with Gasteiger partial charge in [-0.2, -0.15) is 0 Å². The van der Waals surface area contributed by atoms with Crippen molar-refractivity contribution in [3.05, 3.63) is 29.3 Å². The molecule has 0 bridgehead atoms. The predicted octanol–water partition coefficient (Wildman–Crippen LogP) is 2.23. The molecule has 94 valence electrons. The molecule has 3 N–H and O–H groups in total. The molecule has 1 heterocycles. The van der Waals surface area contributed by atoms with E-state index in [0.717, 1.165) is 23.1 Å². The number of carbonyl (C=O) groups excluding carboxylic acids is 1. The summed E-state index contributed by atoms with van der Waals surface area (Å²) in [6.45, 7) is 0. The second kappa shape index (κ2) is 3.58. The van der Waals surface area contributed by atoms with Crippen LogP contribution < -0.4 is 11.1 Å². The van der Waals surface area contributed by atoms with Gasteiger partial charge >= 0.3 is 0 Å². The van der Waals surface area contributed by atoms with Crippen molar-refractivity contribution in [2.75, 3.05) is 5.32 Å². The number of rotatable bonds is 2. The molecule has 0 spiro atoms. The molecule has 1 aromatic carbocycles. The summed E-state index contributed by atoms with van der Waals surface area (Å²) in [4.78, 5) is 11.3. The van der Waals surface area contributed by atoms with Crippen molar-refractivity contribution in [2.24, 2.45) is 23.5 Å². The molecule has 3 unspecified atom stereocenters. The number of anilines is 1. The number of fused-ring (bicyclic) bond motifs is 2.